The second-order valence-electron chi connectivity index (χ2n) is 2.41. The van der Waals surface area contributed by atoms with Crippen LogP contribution in [0.15, 0.2) is 0 Å². The molecule has 0 aromatic rings. The highest BCUT2D eigenvalue weighted by molar-refractivity contribution is 4.93. The van der Waals surface area contributed by atoms with Gasteiger partial charge >= 0.3 is 0 Å². The number of rotatable bonds is 3. The van der Waals surface area contributed by atoms with Crippen LogP contribution in [0, 0.1) is 12.3 Å². The minimum atomic E-state index is -0.747. The Kier molecular flexibility index (Phi) is 3.29. The molecule has 0 spiro atoms. The zero-order valence-corrected chi connectivity index (χ0v) is 5.94. The van der Waals surface area contributed by atoms with Gasteiger partial charge in [-0.1, -0.05) is 0 Å². The summed E-state index contributed by atoms with van der Waals surface area (Å²) in [5, 5.41) is 12.2. The molecule has 2 heteroatoms. The minimum absolute atomic E-state index is 0.397. The van der Waals surface area contributed by atoms with Crippen LogP contribution in [0.3, 0.4) is 0 Å². The summed E-state index contributed by atoms with van der Waals surface area (Å²) >= 11 is 0. The predicted octanol–water partition coefficient (Wildman–Crippen LogP) is -0.0199. The number of likely N-dealkylation sites (N-methyl/N-ethyl adjacent to an activating group) is 1. The molecule has 0 rings (SSSR count). The maximum absolute atomic E-state index is 9.31. The minimum Gasteiger partial charge on any atom is -0.388 e. The smallest absolute Gasteiger partial charge is 0.0851 e. The third-order valence-corrected chi connectivity index (χ3v) is 1.04. The highest BCUT2D eigenvalue weighted by atomic mass is 16.3. The van der Waals surface area contributed by atoms with Crippen molar-refractivity contribution in [2.45, 2.75) is 18.9 Å². The molecule has 52 valence electrons. The molecule has 0 saturated carbocycles. The first-order chi connectivity index (χ1) is 4.12. The largest absolute Gasteiger partial charge is 0.388 e. The molecule has 9 heavy (non-hydrogen) atoms. The van der Waals surface area contributed by atoms with E-state index in [0.717, 1.165) is 0 Å². The van der Waals surface area contributed by atoms with E-state index in [4.69, 9.17) is 6.42 Å². The third-order valence-electron chi connectivity index (χ3n) is 1.04. The maximum atomic E-state index is 9.31. The van der Waals surface area contributed by atoms with Crippen molar-refractivity contribution in [1.82, 2.24) is 5.32 Å². The van der Waals surface area contributed by atoms with Gasteiger partial charge in [0.2, 0.25) is 0 Å². The van der Waals surface area contributed by atoms with Crippen LogP contribution in [0.25, 0.3) is 0 Å². The van der Waals surface area contributed by atoms with E-state index in [9.17, 15) is 5.11 Å². The van der Waals surface area contributed by atoms with Crippen LogP contribution < -0.4 is 5.32 Å². The summed E-state index contributed by atoms with van der Waals surface area (Å²) in [6.07, 6.45) is 5.40. The molecule has 1 atom stereocenters. The van der Waals surface area contributed by atoms with Crippen LogP contribution in [0.1, 0.15) is 13.3 Å². The summed E-state index contributed by atoms with van der Waals surface area (Å²) in [6, 6.07) is 0. The number of nitrogens with one attached hydrogen (secondary N) is 1. The second kappa shape index (κ2) is 3.49. The lowest BCUT2D eigenvalue weighted by molar-refractivity contribution is 0.0673. The fraction of sp³-hybridized carbons (Fsp3) is 0.714. The summed E-state index contributed by atoms with van der Waals surface area (Å²) in [6.45, 7) is 2.25. The van der Waals surface area contributed by atoms with Crippen molar-refractivity contribution in [2.24, 2.45) is 0 Å². The van der Waals surface area contributed by atoms with Gasteiger partial charge in [0.15, 0.2) is 0 Å². The van der Waals surface area contributed by atoms with Gasteiger partial charge in [-0.05, 0) is 14.0 Å². The van der Waals surface area contributed by atoms with Crippen molar-refractivity contribution >= 4 is 0 Å². The van der Waals surface area contributed by atoms with E-state index in [0.29, 0.717) is 13.0 Å². The molecule has 0 aliphatic carbocycles. The number of hydrogen-bond donors (Lipinski definition) is 2. The van der Waals surface area contributed by atoms with Crippen molar-refractivity contribution in [1.29, 1.82) is 0 Å². The van der Waals surface area contributed by atoms with Gasteiger partial charge in [-0.3, -0.25) is 0 Å². The summed E-state index contributed by atoms with van der Waals surface area (Å²) in [7, 11) is 1.78. The summed E-state index contributed by atoms with van der Waals surface area (Å²) < 4.78 is 0. The van der Waals surface area contributed by atoms with Gasteiger partial charge in [0.1, 0.15) is 0 Å². The molecule has 0 radical (unpaired) electrons. The predicted molar refractivity (Wildman–Crippen MR) is 38.0 cm³/mol. The van der Waals surface area contributed by atoms with Crippen molar-refractivity contribution < 1.29 is 5.11 Å². The Balaban J connectivity index is 3.59. The first-order valence-electron chi connectivity index (χ1n) is 2.93. The third kappa shape index (κ3) is 4.01. The summed E-state index contributed by atoms with van der Waals surface area (Å²) in [4.78, 5) is 0. The summed E-state index contributed by atoms with van der Waals surface area (Å²) in [5.41, 5.74) is -0.747. The van der Waals surface area contributed by atoms with Gasteiger partial charge in [-0.25, -0.2) is 0 Å². The Morgan fingerprint density at radius 1 is 1.78 bits per heavy atom. The molecule has 0 bridgehead atoms. The van der Waals surface area contributed by atoms with Crippen LogP contribution in [0.4, 0.5) is 0 Å². The first kappa shape index (κ1) is 8.48. The highest BCUT2D eigenvalue weighted by Gasteiger charge is 2.16. The molecule has 0 saturated heterocycles. The van der Waals surface area contributed by atoms with Crippen molar-refractivity contribution in [3.05, 3.63) is 0 Å². The van der Waals surface area contributed by atoms with Gasteiger partial charge in [0.05, 0.1) is 5.60 Å². The Bertz CT molecular complexity index is 113. The van der Waals surface area contributed by atoms with Crippen LogP contribution in [0.5, 0.6) is 0 Å². The quantitative estimate of drug-likeness (QED) is 0.522. The molecule has 0 amide bonds. The zero-order valence-electron chi connectivity index (χ0n) is 5.94. The lowest BCUT2D eigenvalue weighted by atomic mass is 10.0. The van der Waals surface area contributed by atoms with Gasteiger partial charge in [0.25, 0.3) is 0 Å². The topological polar surface area (TPSA) is 32.3 Å². The SMILES string of the molecule is C#CCC(C)(O)CNC. The van der Waals surface area contributed by atoms with Gasteiger partial charge in [-0.15, -0.1) is 12.3 Å². The van der Waals surface area contributed by atoms with E-state index in [-0.39, 0.29) is 0 Å². The van der Waals surface area contributed by atoms with Crippen molar-refractivity contribution in [3.63, 3.8) is 0 Å². The molecule has 0 aliphatic heterocycles. The number of aliphatic hydroxyl groups is 1. The van der Waals surface area contributed by atoms with Crippen LogP contribution in [0.2, 0.25) is 0 Å². The van der Waals surface area contributed by atoms with E-state index in [1.165, 1.54) is 0 Å². The average Bonchev–Trinajstić information content (AvgIpc) is 1.64. The Hall–Kier alpha value is -0.520. The zero-order chi connectivity index (χ0) is 7.33. The first-order valence-corrected chi connectivity index (χ1v) is 2.93. The number of terminal acetylenes is 1. The Morgan fingerprint density at radius 2 is 2.33 bits per heavy atom. The van der Waals surface area contributed by atoms with Crippen LogP contribution in [-0.4, -0.2) is 24.3 Å². The molecule has 0 aromatic carbocycles. The molecular weight excluding hydrogens is 114 g/mol. The lowest BCUT2D eigenvalue weighted by Gasteiger charge is -2.19. The van der Waals surface area contributed by atoms with E-state index in [2.05, 4.69) is 11.2 Å². The summed E-state index contributed by atoms with van der Waals surface area (Å²) in [5.74, 6) is 2.40. The van der Waals surface area contributed by atoms with Gasteiger partial charge in [-0.2, -0.15) is 0 Å². The van der Waals surface area contributed by atoms with E-state index >= 15 is 0 Å². The Labute approximate surface area is 56.3 Å². The molecule has 0 heterocycles. The average molecular weight is 127 g/mol. The maximum Gasteiger partial charge on any atom is 0.0851 e. The number of hydrogen-bond acceptors (Lipinski definition) is 2. The normalized spacial score (nSPS) is 16.2. The molecule has 2 nitrogen and oxygen atoms in total. The highest BCUT2D eigenvalue weighted by Crippen LogP contribution is 2.04. The second-order valence-corrected chi connectivity index (χ2v) is 2.41. The molecule has 2 N–H and O–H groups in total. The van der Waals surface area contributed by atoms with Crippen molar-refractivity contribution in [2.75, 3.05) is 13.6 Å². The standard InChI is InChI=1S/C7H13NO/c1-4-5-7(2,9)6-8-3/h1,8-9H,5-6H2,2-3H3. The fourth-order valence-electron chi connectivity index (χ4n) is 0.663. The van der Waals surface area contributed by atoms with Crippen LogP contribution >= 0.6 is 0 Å². The van der Waals surface area contributed by atoms with Crippen molar-refractivity contribution in [3.8, 4) is 12.3 Å². The van der Waals surface area contributed by atoms with Gasteiger partial charge < -0.3 is 10.4 Å². The van der Waals surface area contributed by atoms with Crippen LogP contribution in [-0.2, 0) is 0 Å². The molecule has 1 unspecified atom stereocenters. The molecule has 0 aromatic heterocycles. The molecule has 0 fully saturated rings. The Morgan fingerprint density at radius 3 is 2.67 bits per heavy atom. The lowest BCUT2D eigenvalue weighted by Crippen LogP contribution is -2.35. The van der Waals surface area contributed by atoms with E-state index in [1.807, 2.05) is 0 Å². The van der Waals surface area contributed by atoms with E-state index < -0.39 is 5.60 Å². The van der Waals surface area contributed by atoms with E-state index in [1.54, 1.807) is 14.0 Å². The van der Waals surface area contributed by atoms with Gasteiger partial charge in [0, 0.05) is 13.0 Å². The monoisotopic (exact) mass is 127 g/mol. The fourth-order valence-corrected chi connectivity index (χ4v) is 0.663. The molecular formula is C7H13NO. The molecule has 0 aliphatic rings.